The fourth-order valence-corrected chi connectivity index (χ4v) is 1.11. The van der Waals surface area contributed by atoms with Crippen molar-refractivity contribution in [1.82, 2.24) is 0 Å². The van der Waals surface area contributed by atoms with Gasteiger partial charge in [-0.25, -0.2) is 0 Å². The van der Waals surface area contributed by atoms with Gasteiger partial charge in [-0.1, -0.05) is 39.0 Å². The van der Waals surface area contributed by atoms with Gasteiger partial charge in [0.25, 0.3) is 0 Å². The van der Waals surface area contributed by atoms with Crippen LogP contribution in [0, 0.1) is 0 Å². The predicted molar refractivity (Wildman–Crippen MR) is 53.7 cm³/mol. The first-order chi connectivity index (χ1) is 5.91. The van der Waals surface area contributed by atoms with E-state index in [9.17, 15) is 0 Å². The highest BCUT2D eigenvalue weighted by Crippen LogP contribution is 2.04. The third-order valence-corrected chi connectivity index (χ3v) is 1.82. The maximum absolute atomic E-state index is 4.70. The van der Waals surface area contributed by atoms with Gasteiger partial charge in [-0.3, -0.25) is 4.99 Å². The lowest BCUT2D eigenvalue weighted by atomic mass is 10.1. The highest BCUT2D eigenvalue weighted by Gasteiger charge is 1.87. The molecule has 0 fully saturated rings. The summed E-state index contributed by atoms with van der Waals surface area (Å²) in [7, 11) is 1.63. The Morgan fingerprint density at radius 1 is 1.08 bits per heavy atom. The van der Waals surface area contributed by atoms with E-state index in [-0.39, 0.29) is 0 Å². The zero-order chi connectivity index (χ0) is 9.07. The van der Waals surface area contributed by atoms with Gasteiger partial charge in [-0.2, -0.15) is 0 Å². The van der Waals surface area contributed by atoms with Gasteiger partial charge in [-0.15, -0.1) is 0 Å². The third kappa shape index (κ3) is 9.47. The second kappa shape index (κ2) is 10.5. The molecule has 0 aliphatic rings. The van der Waals surface area contributed by atoms with E-state index < -0.39 is 0 Å². The molecule has 0 atom stereocenters. The van der Waals surface area contributed by atoms with Crippen LogP contribution in [-0.4, -0.2) is 20.1 Å². The highest BCUT2D eigenvalue weighted by molar-refractivity contribution is 5.45. The molecule has 2 heteroatoms. The lowest BCUT2D eigenvalue weighted by Gasteiger charge is -1.97. The number of aliphatic imine (C=N–C) groups is 1. The summed E-state index contributed by atoms with van der Waals surface area (Å²) in [6, 6.07) is 0. The molecule has 72 valence electrons. The van der Waals surface area contributed by atoms with Crippen molar-refractivity contribution in [3.63, 3.8) is 0 Å². The first-order valence-corrected chi connectivity index (χ1v) is 4.93. The lowest BCUT2D eigenvalue weighted by molar-refractivity contribution is 0.420. The van der Waals surface area contributed by atoms with E-state index in [1.54, 1.807) is 7.11 Å². The lowest BCUT2D eigenvalue weighted by Crippen LogP contribution is -1.85. The molecule has 0 N–H and O–H groups in total. The smallest absolute Gasteiger partial charge is 0.168 e. The number of unbranched alkanes of at least 4 members (excludes halogenated alkanes) is 5. The van der Waals surface area contributed by atoms with E-state index in [1.165, 1.54) is 44.9 Å². The quantitative estimate of drug-likeness (QED) is 0.312. The van der Waals surface area contributed by atoms with Crippen molar-refractivity contribution in [2.24, 2.45) is 4.99 Å². The first-order valence-electron chi connectivity index (χ1n) is 4.93. The van der Waals surface area contributed by atoms with Gasteiger partial charge in [-0.05, 0) is 6.42 Å². The fraction of sp³-hybridized carbons (Fsp3) is 0.900. The predicted octanol–water partition coefficient (Wildman–Crippen LogP) is 3.02. The summed E-state index contributed by atoms with van der Waals surface area (Å²) in [5.41, 5.74) is 0. The van der Waals surface area contributed by atoms with Crippen LogP contribution in [0.2, 0.25) is 0 Å². The Morgan fingerprint density at radius 2 is 1.75 bits per heavy atom. The molecule has 0 unspecified atom stereocenters. The molecule has 0 rings (SSSR count). The molecule has 0 aliphatic carbocycles. The average molecular weight is 171 g/mol. The molecule has 0 aromatic carbocycles. The Morgan fingerprint density at radius 3 is 2.42 bits per heavy atom. The molecule has 0 spiro atoms. The minimum absolute atomic E-state index is 0.917. The fourth-order valence-electron chi connectivity index (χ4n) is 1.11. The third-order valence-electron chi connectivity index (χ3n) is 1.82. The molecule has 0 aliphatic heterocycles. The highest BCUT2D eigenvalue weighted by atomic mass is 16.5. The maximum Gasteiger partial charge on any atom is 0.168 e. The Labute approximate surface area is 76.0 Å². The molecule has 0 amide bonds. The molecule has 0 saturated heterocycles. The molecule has 0 heterocycles. The molecule has 0 radical (unpaired) electrons. The van der Waals surface area contributed by atoms with Crippen LogP contribution in [0.4, 0.5) is 0 Å². The van der Waals surface area contributed by atoms with Gasteiger partial charge in [0.1, 0.15) is 0 Å². The van der Waals surface area contributed by atoms with Crippen LogP contribution < -0.4 is 0 Å². The Balaban J connectivity index is 2.86. The van der Waals surface area contributed by atoms with Crippen molar-refractivity contribution < 1.29 is 4.74 Å². The van der Waals surface area contributed by atoms with E-state index >= 15 is 0 Å². The van der Waals surface area contributed by atoms with E-state index in [2.05, 4.69) is 11.9 Å². The number of methoxy groups -OCH3 is 1. The maximum atomic E-state index is 4.70. The Kier molecular flexibility index (Phi) is 10.0. The monoisotopic (exact) mass is 171 g/mol. The molecular formula is C10H21NO. The first kappa shape index (κ1) is 11.5. The molecule has 12 heavy (non-hydrogen) atoms. The van der Waals surface area contributed by atoms with E-state index in [4.69, 9.17) is 4.74 Å². The van der Waals surface area contributed by atoms with E-state index in [0.29, 0.717) is 0 Å². The van der Waals surface area contributed by atoms with Crippen molar-refractivity contribution in [3.8, 4) is 0 Å². The molecule has 0 aromatic heterocycles. The van der Waals surface area contributed by atoms with E-state index in [1.807, 2.05) is 0 Å². The molecule has 0 bridgehead atoms. The summed E-state index contributed by atoms with van der Waals surface area (Å²) < 4.78 is 4.70. The zero-order valence-corrected chi connectivity index (χ0v) is 8.38. The van der Waals surface area contributed by atoms with Gasteiger partial charge in [0, 0.05) is 6.54 Å². The van der Waals surface area contributed by atoms with Crippen LogP contribution in [-0.2, 0) is 4.74 Å². The Hall–Kier alpha value is -0.530. The van der Waals surface area contributed by atoms with Crippen molar-refractivity contribution in [2.75, 3.05) is 13.7 Å². The van der Waals surface area contributed by atoms with Crippen LogP contribution in [0.3, 0.4) is 0 Å². The number of ether oxygens (including phenoxy) is 1. The number of hydrogen-bond acceptors (Lipinski definition) is 2. The van der Waals surface area contributed by atoms with Crippen LogP contribution in [0.15, 0.2) is 4.99 Å². The van der Waals surface area contributed by atoms with Crippen molar-refractivity contribution >= 4 is 6.40 Å². The van der Waals surface area contributed by atoms with Crippen LogP contribution in [0.1, 0.15) is 45.4 Å². The summed E-state index contributed by atoms with van der Waals surface area (Å²) in [6.45, 7) is 3.16. The standard InChI is InChI=1S/C10H21NO/c1-3-4-5-6-7-8-9-11-10-12-2/h10H,3-9H2,1-2H3. The van der Waals surface area contributed by atoms with Crippen LogP contribution in [0.5, 0.6) is 0 Å². The summed E-state index contributed by atoms with van der Waals surface area (Å²) in [4.78, 5) is 4.06. The second-order valence-corrected chi connectivity index (χ2v) is 3.02. The van der Waals surface area contributed by atoms with Crippen LogP contribution in [0.25, 0.3) is 0 Å². The minimum atomic E-state index is 0.917. The van der Waals surface area contributed by atoms with Crippen molar-refractivity contribution in [1.29, 1.82) is 0 Å². The number of hydrogen-bond donors (Lipinski definition) is 0. The SMILES string of the molecule is CCCCCCCCN=COC. The topological polar surface area (TPSA) is 21.6 Å². The molecule has 0 aromatic rings. The summed E-state index contributed by atoms with van der Waals surface area (Å²) in [5, 5.41) is 0. The van der Waals surface area contributed by atoms with Crippen molar-refractivity contribution in [3.05, 3.63) is 0 Å². The van der Waals surface area contributed by atoms with Crippen molar-refractivity contribution in [2.45, 2.75) is 45.4 Å². The van der Waals surface area contributed by atoms with E-state index in [0.717, 1.165) is 6.54 Å². The summed E-state index contributed by atoms with van der Waals surface area (Å²) in [5.74, 6) is 0. The van der Waals surface area contributed by atoms with Gasteiger partial charge in [0.15, 0.2) is 6.40 Å². The van der Waals surface area contributed by atoms with Gasteiger partial charge < -0.3 is 4.74 Å². The van der Waals surface area contributed by atoms with Gasteiger partial charge in [0.05, 0.1) is 7.11 Å². The molecule has 0 saturated carbocycles. The second-order valence-electron chi connectivity index (χ2n) is 3.02. The van der Waals surface area contributed by atoms with Crippen LogP contribution >= 0.6 is 0 Å². The number of rotatable bonds is 8. The van der Waals surface area contributed by atoms with Gasteiger partial charge >= 0.3 is 0 Å². The summed E-state index contributed by atoms with van der Waals surface area (Å²) >= 11 is 0. The Bertz CT molecular complexity index is 102. The zero-order valence-electron chi connectivity index (χ0n) is 8.38. The van der Waals surface area contributed by atoms with Gasteiger partial charge in [0.2, 0.25) is 0 Å². The minimum Gasteiger partial charge on any atom is -0.487 e. The molecule has 2 nitrogen and oxygen atoms in total. The summed E-state index contributed by atoms with van der Waals surface area (Å²) in [6.07, 6.45) is 9.46. The normalized spacial score (nSPS) is 10.8. The average Bonchev–Trinajstić information content (AvgIpc) is 2.10. The molecular weight excluding hydrogens is 150 g/mol. The number of nitrogens with zero attached hydrogens (tertiary/aromatic N) is 1. The largest absolute Gasteiger partial charge is 0.487 e.